The topological polar surface area (TPSA) is 59.0 Å². The Morgan fingerprint density at radius 1 is 1.69 bits per heavy atom. The Morgan fingerprint density at radius 2 is 2.56 bits per heavy atom. The number of nitrogens with zero attached hydrogens (tertiary/aromatic N) is 2. The molecular weight excluding hydrogens is 204 g/mol. The number of aromatic nitrogens is 2. The molecule has 2 rings (SSSR count). The third-order valence-corrected chi connectivity index (χ3v) is 2.85. The zero-order chi connectivity index (χ0) is 11.4. The second kappa shape index (κ2) is 5.12. The standard InChI is InChI=1S/C11H18N4O/c1-15-8-9(7-14-15)6-13-11(16)10-4-2-3-5-12-10/h7-8,10,12H,2-6H2,1H3,(H,13,16). The lowest BCUT2D eigenvalue weighted by Crippen LogP contribution is -2.46. The van der Waals surface area contributed by atoms with Crippen LogP contribution in [-0.2, 0) is 18.4 Å². The van der Waals surface area contributed by atoms with Crippen molar-refractivity contribution in [2.45, 2.75) is 31.8 Å². The Labute approximate surface area is 95.2 Å². The van der Waals surface area contributed by atoms with Crippen LogP contribution in [0.1, 0.15) is 24.8 Å². The summed E-state index contributed by atoms with van der Waals surface area (Å²) in [6, 6.07) is -0.00887. The van der Waals surface area contributed by atoms with Crippen molar-refractivity contribution in [1.29, 1.82) is 0 Å². The smallest absolute Gasteiger partial charge is 0.237 e. The minimum absolute atomic E-state index is 0.00887. The van der Waals surface area contributed by atoms with Crippen molar-refractivity contribution in [2.24, 2.45) is 7.05 Å². The fraction of sp³-hybridized carbons (Fsp3) is 0.636. The molecule has 1 aromatic rings. The van der Waals surface area contributed by atoms with Crippen LogP contribution in [0.4, 0.5) is 0 Å². The van der Waals surface area contributed by atoms with Gasteiger partial charge in [-0.2, -0.15) is 5.10 Å². The van der Waals surface area contributed by atoms with Gasteiger partial charge in [-0.3, -0.25) is 9.48 Å². The maximum Gasteiger partial charge on any atom is 0.237 e. The Balaban J connectivity index is 1.78. The molecular formula is C11H18N4O. The fourth-order valence-electron chi connectivity index (χ4n) is 1.95. The fourth-order valence-corrected chi connectivity index (χ4v) is 1.95. The third kappa shape index (κ3) is 2.82. The number of carbonyl (C=O) groups is 1. The lowest BCUT2D eigenvalue weighted by Gasteiger charge is -2.22. The number of aryl methyl sites for hydroxylation is 1. The second-order valence-corrected chi connectivity index (χ2v) is 4.24. The highest BCUT2D eigenvalue weighted by molar-refractivity contribution is 5.81. The summed E-state index contributed by atoms with van der Waals surface area (Å²) < 4.78 is 1.74. The summed E-state index contributed by atoms with van der Waals surface area (Å²) in [5.41, 5.74) is 1.03. The lowest BCUT2D eigenvalue weighted by molar-refractivity contribution is -0.123. The molecule has 2 heterocycles. The summed E-state index contributed by atoms with van der Waals surface area (Å²) in [5, 5.41) is 10.2. The molecule has 1 aromatic heterocycles. The van der Waals surface area contributed by atoms with Crippen LogP contribution in [-0.4, -0.2) is 28.3 Å². The van der Waals surface area contributed by atoms with E-state index in [0.29, 0.717) is 6.54 Å². The number of carbonyl (C=O) groups excluding carboxylic acids is 1. The highest BCUT2D eigenvalue weighted by Gasteiger charge is 2.19. The van der Waals surface area contributed by atoms with E-state index in [1.807, 2.05) is 13.2 Å². The van der Waals surface area contributed by atoms with E-state index >= 15 is 0 Å². The van der Waals surface area contributed by atoms with Gasteiger partial charge in [-0.05, 0) is 19.4 Å². The summed E-state index contributed by atoms with van der Waals surface area (Å²) in [7, 11) is 1.87. The molecule has 1 fully saturated rings. The number of rotatable bonds is 3. The summed E-state index contributed by atoms with van der Waals surface area (Å²) in [5.74, 6) is 0.101. The first-order valence-electron chi connectivity index (χ1n) is 5.74. The van der Waals surface area contributed by atoms with Crippen LogP contribution in [0.5, 0.6) is 0 Å². The van der Waals surface area contributed by atoms with E-state index in [9.17, 15) is 4.79 Å². The molecule has 5 heteroatoms. The Morgan fingerprint density at radius 3 is 3.19 bits per heavy atom. The molecule has 1 atom stereocenters. The zero-order valence-electron chi connectivity index (χ0n) is 9.57. The molecule has 0 aromatic carbocycles. The van der Waals surface area contributed by atoms with Gasteiger partial charge in [-0.1, -0.05) is 6.42 Å². The quantitative estimate of drug-likeness (QED) is 0.767. The van der Waals surface area contributed by atoms with E-state index in [0.717, 1.165) is 24.9 Å². The number of piperidine rings is 1. The maximum atomic E-state index is 11.8. The molecule has 0 aliphatic carbocycles. The van der Waals surface area contributed by atoms with Crippen LogP contribution >= 0.6 is 0 Å². The molecule has 1 saturated heterocycles. The van der Waals surface area contributed by atoms with Gasteiger partial charge in [-0.25, -0.2) is 0 Å². The van der Waals surface area contributed by atoms with Crippen LogP contribution < -0.4 is 10.6 Å². The van der Waals surface area contributed by atoms with Crippen LogP contribution in [0.15, 0.2) is 12.4 Å². The van der Waals surface area contributed by atoms with E-state index in [4.69, 9.17) is 0 Å². The van der Waals surface area contributed by atoms with Crippen LogP contribution in [0, 0.1) is 0 Å². The first-order chi connectivity index (χ1) is 7.75. The Bertz CT molecular complexity index is 355. The Kier molecular flexibility index (Phi) is 3.56. The largest absolute Gasteiger partial charge is 0.351 e. The van der Waals surface area contributed by atoms with Gasteiger partial charge in [0.15, 0.2) is 0 Å². The highest BCUT2D eigenvalue weighted by Crippen LogP contribution is 2.07. The molecule has 16 heavy (non-hydrogen) atoms. The van der Waals surface area contributed by atoms with Crippen molar-refractivity contribution < 1.29 is 4.79 Å². The molecule has 1 unspecified atom stereocenters. The van der Waals surface area contributed by atoms with Gasteiger partial charge in [0.2, 0.25) is 5.91 Å². The van der Waals surface area contributed by atoms with E-state index in [1.165, 1.54) is 6.42 Å². The van der Waals surface area contributed by atoms with Crippen molar-refractivity contribution in [1.82, 2.24) is 20.4 Å². The van der Waals surface area contributed by atoms with E-state index in [1.54, 1.807) is 10.9 Å². The summed E-state index contributed by atoms with van der Waals surface area (Å²) in [6.07, 6.45) is 6.94. The predicted molar refractivity (Wildman–Crippen MR) is 60.7 cm³/mol. The number of nitrogens with one attached hydrogen (secondary N) is 2. The van der Waals surface area contributed by atoms with Crippen molar-refractivity contribution in [3.05, 3.63) is 18.0 Å². The molecule has 0 saturated carbocycles. The average Bonchev–Trinajstić information content (AvgIpc) is 2.73. The van der Waals surface area contributed by atoms with Crippen molar-refractivity contribution in [2.75, 3.05) is 6.54 Å². The van der Waals surface area contributed by atoms with Gasteiger partial charge in [0, 0.05) is 25.4 Å². The molecule has 0 radical (unpaired) electrons. The SMILES string of the molecule is Cn1cc(CNC(=O)C2CCCCN2)cn1. The van der Waals surface area contributed by atoms with Crippen LogP contribution in [0.3, 0.4) is 0 Å². The summed E-state index contributed by atoms with van der Waals surface area (Å²) >= 11 is 0. The van der Waals surface area contributed by atoms with Crippen molar-refractivity contribution >= 4 is 5.91 Å². The molecule has 1 aliphatic heterocycles. The van der Waals surface area contributed by atoms with Crippen molar-refractivity contribution in [3.63, 3.8) is 0 Å². The normalized spacial score (nSPS) is 20.7. The Hall–Kier alpha value is -1.36. The molecule has 88 valence electrons. The zero-order valence-corrected chi connectivity index (χ0v) is 9.57. The maximum absolute atomic E-state index is 11.8. The molecule has 0 spiro atoms. The minimum atomic E-state index is -0.00887. The van der Waals surface area contributed by atoms with Gasteiger partial charge in [0.1, 0.15) is 0 Å². The highest BCUT2D eigenvalue weighted by atomic mass is 16.2. The van der Waals surface area contributed by atoms with Crippen molar-refractivity contribution in [3.8, 4) is 0 Å². The molecule has 5 nitrogen and oxygen atoms in total. The monoisotopic (exact) mass is 222 g/mol. The number of hydrogen-bond donors (Lipinski definition) is 2. The first kappa shape index (κ1) is 11.1. The average molecular weight is 222 g/mol. The first-order valence-corrected chi connectivity index (χ1v) is 5.74. The van der Waals surface area contributed by atoms with E-state index in [-0.39, 0.29) is 11.9 Å². The second-order valence-electron chi connectivity index (χ2n) is 4.24. The lowest BCUT2D eigenvalue weighted by atomic mass is 10.0. The molecule has 2 N–H and O–H groups in total. The van der Waals surface area contributed by atoms with Gasteiger partial charge in [0.25, 0.3) is 0 Å². The number of amides is 1. The minimum Gasteiger partial charge on any atom is -0.351 e. The predicted octanol–water partition coefficient (Wildman–Crippen LogP) is 0.178. The van der Waals surface area contributed by atoms with Gasteiger partial charge < -0.3 is 10.6 Å². The summed E-state index contributed by atoms with van der Waals surface area (Å²) in [6.45, 7) is 1.51. The molecule has 0 bridgehead atoms. The van der Waals surface area contributed by atoms with Gasteiger partial charge in [-0.15, -0.1) is 0 Å². The van der Waals surface area contributed by atoms with Crippen LogP contribution in [0.2, 0.25) is 0 Å². The molecule has 1 aliphatic rings. The molecule has 1 amide bonds. The summed E-state index contributed by atoms with van der Waals surface area (Å²) in [4.78, 5) is 11.8. The van der Waals surface area contributed by atoms with Crippen LogP contribution in [0.25, 0.3) is 0 Å². The van der Waals surface area contributed by atoms with E-state index < -0.39 is 0 Å². The number of hydrogen-bond acceptors (Lipinski definition) is 3. The van der Waals surface area contributed by atoms with Gasteiger partial charge in [0.05, 0.1) is 12.2 Å². The van der Waals surface area contributed by atoms with Gasteiger partial charge >= 0.3 is 0 Å². The van der Waals surface area contributed by atoms with E-state index in [2.05, 4.69) is 15.7 Å². The third-order valence-electron chi connectivity index (χ3n) is 2.85.